The number of hydrogen-bond donors (Lipinski definition) is 1. The van der Waals surface area contributed by atoms with Gasteiger partial charge in [-0.25, -0.2) is 4.98 Å². The second kappa shape index (κ2) is 6.02. The molecule has 0 amide bonds. The summed E-state index contributed by atoms with van der Waals surface area (Å²) in [5, 5.41) is 4.42. The number of rotatable bonds is 4. The molecule has 4 heteroatoms. The average Bonchev–Trinajstić information content (AvgIpc) is 2.85. The molecular weight excluding hydrogens is 268 g/mol. The SMILES string of the molecule is Cc1nc2ccc(C(=O)CCC3CCNCC3)cc2s1. The number of carbonyl (C=O) groups excluding carboxylic acids is 1. The van der Waals surface area contributed by atoms with Gasteiger partial charge in [0.15, 0.2) is 5.78 Å². The van der Waals surface area contributed by atoms with Crippen molar-refractivity contribution in [2.24, 2.45) is 5.92 Å². The smallest absolute Gasteiger partial charge is 0.162 e. The number of piperidine rings is 1. The third kappa shape index (κ3) is 3.07. The molecule has 1 aromatic carbocycles. The quantitative estimate of drug-likeness (QED) is 0.875. The summed E-state index contributed by atoms with van der Waals surface area (Å²) in [6.07, 6.45) is 4.12. The Bertz CT molecular complexity index is 614. The Labute approximate surface area is 123 Å². The van der Waals surface area contributed by atoms with Gasteiger partial charge in [-0.05, 0) is 63.4 Å². The van der Waals surface area contributed by atoms with Crippen LogP contribution in [0.2, 0.25) is 0 Å². The third-order valence-corrected chi connectivity index (χ3v) is 4.99. The minimum atomic E-state index is 0.275. The highest BCUT2D eigenvalue weighted by molar-refractivity contribution is 7.18. The van der Waals surface area contributed by atoms with Crippen LogP contribution >= 0.6 is 11.3 Å². The molecule has 0 unspecified atom stereocenters. The molecule has 106 valence electrons. The van der Waals surface area contributed by atoms with Crippen molar-refractivity contribution in [3.8, 4) is 0 Å². The first kappa shape index (κ1) is 13.7. The summed E-state index contributed by atoms with van der Waals surface area (Å²) in [7, 11) is 0. The molecule has 0 saturated carbocycles. The van der Waals surface area contributed by atoms with Crippen molar-refractivity contribution in [3.63, 3.8) is 0 Å². The van der Waals surface area contributed by atoms with Crippen LogP contribution in [0, 0.1) is 12.8 Å². The largest absolute Gasteiger partial charge is 0.317 e. The van der Waals surface area contributed by atoms with Crippen molar-refractivity contribution in [2.45, 2.75) is 32.6 Å². The molecule has 0 bridgehead atoms. The van der Waals surface area contributed by atoms with Crippen LogP contribution in [0.15, 0.2) is 18.2 Å². The lowest BCUT2D eigenvalue weighted by Crippen LogP contribution is -2.27. The number of fused-ring (bicyclic) bond motifs is 1. The zero-order valence-corrected chi connectivity index (χ0v) is 12.6. The highest BCUT2D eigenvalue weighted by Crippen LogP contribution is 2.24. The molecule has 20 heavy (non-hydrogen) atoms. The lowest BCUT2D eigenvalue weighted by atomic mass is 9.91. The number of thiazole rings is 1. The van der Waals surface area contributed by atoms with Crippen LogP contribution in [0.1, 0.15) is 41.0 Å². The van der Waals surface area contributed by atoms with Crippen LogP contribution in [0.4, 0.5) is 0 Å². The van der Waals surface area contributed by atoms with Crippen LogP contribution < -0.4 is 5.32 Å². The monoisotopic (exact) mass is 288 g/mol. The van der Waals surface area contributed by atoms with Crippen molar-refractivity contribution in [2.75, 3.05) is 13.1 Å². The van der Waals surface area contributed by atoms with E-state index in [1.165, 1.54) is 12.8 Å². The van der Waals surface area contributed by atoms with Crippen molar-refractivity contribution in [3.05, 3.63) is 28.8 Å². The van der Waals surface area contributed by atoms with Crippen LogP contribution in [0.25, 0.3) is 10.2 Å². The van der Waals surface area contributed by atoms with Gasteiger partial charge in [0.1, 0.15) is 0 Å². The Morgan fingerprint density at radius 3 is 3.00 bits per heavy atom. The van der Waals surface area contributed by atoms with E-state index in [0.29, 0.717) is 6.42 Å². The highest BCUT2D eigenvalue weighted by Gasteiger charge is 2.15. The fraction of sp³-hybridized carbons (Fsp3) is 0.500. The minimum Gasteiger partial charge on any atom is -0.317 e. The van der Waals surface area contributed by atoms with Gasteiger partial charge >= 0.3 is 0 Å². The molecular formula is C16H20N2OS. The molecule has 0 aliphatic carbocycles. The summed E-state index contributed by atoms with van der Waals surface area (Å²) >= 11 is 1.66. The number of hydrogen-bond acceptors (Lipinski definition) is 4. The maximum absolute atomic E-state index is 12.3. The fourth-order valence-corrected chi connectivity index (χ4v) is 3.73. The van der Waals surface area contributed by atoms with E-state index < -0.39 is 0 Å². The van der Waals surface area contributed by atoms with Gasteiger partial charge in [-0.15, -0.1) is 11.3 Å². The van der Waals surface area contributed by atoms with Gasteiger partial charge in [0.2, 0.25) is 0 Å². The molecule has 1 aliphatic heterocycles. The van der Waals surface area contributed by atoms with Gasteiger partial charge in [0.05, 0.1) is 15.2 Å². The number of aromatic nitrogens is 1. The molecule has 0 spiro atoms. The predicted molar refractivity (Wildman–Crippen MR) is 83.5 cm³/mol. The molecule has 2 aromatic rings. The predicted octanol–water partition coefficient (Wildman–Crippen LogP) is 3.57. The molecule has 2 heterocycles. The molecule has 0 radical (unpaired) electrons. The van der Waals surface area contributed by atoms with Gasteiger partial charge in [-0.1, -0.05) is 0 Å². The number of aryl methyl sites for hydroxylation is 1. The topological polar surface area (TPSA) is 42.0 Å². The van der Waals surface area contributed by atoms with Crippen LogP contribution in [-0.2, 0) is 0 Å². The Hall–Kier alpha value is -1.26. The normalized spacial score (nSPS) is 16.6. The van der Waals surface area contributed by atoms with Crippen molar-refractivity contribution in [1.82, 2.24) is 10.3 Å². The lowest BCUT2D eigenvalue weighted by molar-refractivity contribution is 0.0971. The molecule has 0 atom stereocenters. The summed E-state index contributed by atoms with van der Waals surface area (Å²) in [5.74, 6) is 0.992. The highest BCUT2D eigenvalue weighted by atomic mass is 32.1. The van der Waals surface area contributed by atoms with Crippen LogP contribution in [0.3, 0.4) is 0 Å². The van der Waals surface area contributed by atoms with E-state index in [4.69, 9.17) is 0 Å². The number of carbonyl (C=O) groups is 1. The summed E-state index contributed by atoms with van der Waals surface area (Å²) in [5.41, 5.74) is 1.84. The van der Waals surface area contributed by atoms with Gasteiger partial charge in [0, 0.05) is 12.0 Å². The second-order valence-electron chi connectivity index (χ2n) is 5.57. The summed E-state index contributed by atoms with van der Waals surface area (Å²) in [4.78, 5) is 16.7. The summed E-state index contributed by atoms with van der Waals surface area (Å²) in [6, 6.07) is 5.90. The zero-order chi connectivity index (χ0) is 13.9. The summed E-state index contributed by atoms with van der Waals surface area (Å²) in [6.45, 7) is 4.21. The molecule has 1 N–H and O–H groups in total. The number of ketones is 1. The van der Waals surface area contributed by atoms with E-state index in [2.05, 4.69) is 10.3 Å². The van der Waals surface area contributed by atoms with Crippen molar-refractivity contribution in [1.29, 1.82) is 0 Å². The van der Waals surface area contributed by atoms with Gasteiger partial charge in [0.25, 0.3) is 0 Å². The molecule has 1 saturated heterocycles. The standard InChI is InChI=1S/C16H20N2OS/c1-11-18-14-4-3-13(10-16(14)20-11)15(19)5-2-12-6-8-17-9-7-12/h3-4,10,12,17H,2,5-9H2,1H3. The fourth-order valence-electron chi connectivity index (χ4n) is 2.86. The Balaban J connectivity index is 1.65. The molecule has 1 fully saturated rings. The van der Waals surface area contributed by atoms with Crippen molar-refractivity contribution >= 4 is 27.3 Å². The van der Waals surface area contributed by atoms with Crippen LogP contribution in [0.5, 0.6) is 0 Å². The number of benzene rings is 1. The number of Topliss-reactive ketones (excluding diaryl/α,β-unsaturated/α-hetero) is 1. The maximum atomic E-state index is 12.3. The lowest BCUT2D eigenvalue weighted by Gasteiger charge is -2.22. The van der Waals surface area contributed by atoms with E-state index in [1.54, 1.807) is 11.3 Å². The molecule has 3 nitrogen and oxygen atoms in total. The Morgan fingerprint density at radius 1 is 1.40 bits per heavy atom. The molecule has 1 aromatic heterocycles. The molecule has 1 aliphatic rings. The zero-order valence-electron chi connectivity index (χ0n) is 11.8. The van der Waals surface area contributed by atoms with E-state index in [9.17, 15) is 4.79 Å². The first-order chi connectivity index (χ1) is 9.72. The number of nitrogens with zero attached hydrogens (tertiary/aromatic N) is 1. The van der Waals surface area contributed by atoms with Crippen molar-refractivity contribution < 1.29 is 4.79 Å². The Kier molecular flexibility index (Phi) is 4.13. The second-order valence-corrected chi connectivity index (χ2v) is 6.81. The van der Waals surface area contributed by atoms with E-state index >= 15 is 0 Å². The third-order valence-electron chi connectivity index (χ3n) is 4.06. The van der Waals surface area contributed by atoms with Gasteiger partial charge in [-0.3, -0.25) is 4.79 Å². The van der Waals surface area contributed by atoms with E-state index in [1.807, 2.05) is 25.1 Å². The number of nitrogens with one attached hydrogen (secondary N) is 1. The molecule has 3 rings (SSSR count). The van der Waals surface area contributed by atoms with E-state index in [-0.39, 0.29) is 5.78 Å². The van der Waals surface area contributed by atoms with Gasteiger partial charge in [-0.2, -0.15) is 0 Å². The first-order valence-electron chi connectivity index (χ1n) is 7.33. The van der Waals surface area contributed by atoms with E-state index in [0.717, 1.165) is 46.2 Å². The minimum absolute atomic E-state index is 0.275. The maximum Gasteiger partial charge on any atom is 0.162 e. The average molecular weight is 288 g/mol. The Morgan fingerprint density at radius 2 is 2.20 bits per heavy atom. The van der Waals surface area contributed by atoms with Gasteiger partial charge < -0.3 is 5.32 Å². The first-order valence-corrected chi connectivity index (χ1v) is 8.15. The summed E-state index contributed by atoms with van der Waals surface area (Å²) < 4.78 is 1.12. The van der Waals surface area contributed by atoms with Crippen LogP contribution in [-0.4, -0.2) is 23.9 Å².